The van der Waals surface area contributed by atoms with Crippen molar-refractivity contribution in [3.8, 4) is 0 Å². The van der Waals surface area contributed by atoms with Gasteiger partial charge in [-0.2, -0.15) is 0 Å². The van der Waals surface area contributed by atoms with E-state index >= 15 is 0 Å². The maximum Gasteiger partial charge on any atom is 0.133 e. The predicted molar refractivity (Wildman–Crippen MR) is 43.5 cm³/mol. The van der Waals surface area contributed by atoms with Crippen molar-refractivity contribution < 1.29 is 13.2 Å². The third kappa shape index (κ3) is 2.01. The Morgan fingerprint density at radius 2 is 1.69 bits per heavy atom. The van der Waals surface area contributed by atoms with Crippen LogP contribution in [0.1, 0.15) is 24.9 Å². The molecular weight excluding hydrogens is 179 g/mol. The summed E-state index contributed by atoms with van der Waals surface area (Å²) in [6.45, 7) is 1.70. The lowest BCUT2D eigenvalue weighted by Crippen LogP contribution is -2.13. The smallest absolute Gasteiger partial charge is 0.133 e. The molecule has 0 aliphatic heterocycles. The Morgan fingerprint density at radius 1 is 1.23 bits per heavy atom. The van der Waals surface area contributed by atoms with E-state index in [-0.39, 0.29) is 5.56 Å². The molecule has 72 valence electrons. The molecule has 1 aromatic rings. The fourth-order valence-corrected chi connectivity index (χ4v) is 1.11. The first kappa shape index (κ1) is 10.1. The van der Waals surface area contributed by atoms with E-state index in [0.29, 0.717) is 18.6 Å². The van der Waals surface area contributed by atoms with E-state index < -0.39 is 23.5 Å². The lowest BCUT2D eigenvalue weighted by molar-refractivity contribution is 0.499. The molecule has 0 amide bonds. The Bertz CT molecular complexity index is 289. The van der Waals surface area contributed by atoms with Gasteiger partial charge >= 0.3 is 0 Å². The second kappa shape index (κ2) is 3.79. The molecule has 0 heterocycles. The third-order valence-electron chi connectivity index (χ3n) is 1.85. The largest absolute Gasteiger partial charge is 0.324 e. The first-order chi connectivity index (χ1) is 6.06. The highest BCUT2D eigenvalue weighted by Gasteiger charge is 2.16. The van der Waals surface area contributed by atoms with Crippen LogP contribution >= 0.6 is 0 Å². The van der Waals surface area contributed by atoms with Gasteiger partial charge in [0.2, 0.25) is 0 Å². The highest BCUT2D eigenvalue weighted by atomic mass is 19.1. The molecule has 0 radical (unpaired) electrons. The van der Waals surface area contributed by atoms with Gasteiger partial charge in [-0.25, -0.2) is 13.2 Å². The molecule has 0 fully saturated rings. The molecule has 0 aromatic heterocycles. The van der Waals surface area contributed by atoms with Gasteiger partial charge in [0.1, 0.15) is 17.5 Å². The Kier molecular flexibility index (Phi) is 2.93. The SMILES string of the molecule is CC[C@@H](N)c1c(F)cc(F)cc1F. The van der Waals surface area contributed by atoms with E-state index in [9.17, 15) is 13.2 Å². The summed E-state index contributed by atoms with van der Waals surface area (Å²) < 4.78 is 38.4. The van der Waals surface area contributed by atoms with E-state index in [4.69, 9.17) is 5.73 Å². The van der Waals surface area contributed by atoms with Crippen molar-refractivity contribution in [1.82, 2.24) is 0 Å². The number of nitrogens with two attached hydrogens (primary N) is 1. The predicted octanol–water partition coefficient (Wildman–Crippen LogP) is 2.51. The summed E-state index contributed by atoms with van der Waals surface area (Å²) in [6.07, 6.45) is 0.402. The number of hydrogen-bond acceptors (Lipinski definition) is 1. The van der Waals surface area contributed by atoms with Crippen LogP contribution < -0.4 is 5.73 Å². The van der Waals surface area contributed by atoms with E-state index in [0.717, 1.165) is 0 Å². The molecule has 0 saturated heterocycles. The molecule has 1 atom stereocenters. The first-order valence-corrected chi connectivity index (χ1v) is 3.96. The van der Waals surface area contributed by atoms with Gasteiger partial charge in [0, 0.05) is 23.7 Å². The summed E-state index contributed by atoms with van der Waals surface area (Å²) in [5, 5.41) is 0. The van der Waals surface area contributed by atoms with Gasteiger partial charge in [-0.05, 0) is 6.42 Å². The van der Waals surface area contributed by atoms with E-state index in [1.807, 2.05) is 0 Å². The van der Waals surface area contributed by atoms with Crippen LogP contribution in [-0.2, 0) is 0 Å². The summed E-state index contributed by atoms with van der Waals surface area (Å²) >= 11 is 0. The summed E-state index contributed by atoms with van der Waals surface area (Å²) in [7, 11) is 0. The van der Waals surface area contributed by atoms with Gasteiger partial charge in [-0.15, -0.1) is 0 Å². The number of hydrogen-bond donors (Lipinski definition) is 1. The Labute approximate surface area is 74.4 Å². The van der Waals surface area contributed by atoms with Crippen LogP contribution in [0.5, 0.6) is 0 Å². The molecule has 0 spiro atoms. The van der Waals surface area contributed by atoms with Crippen LogP contribution in [0.4, 0.5) is 13.2 Å². The molecule has 2 N–H and O–H groups in total. The van der Waals surface area contributed by atoms with E-state index in [1.54, 1.807) is 6.92 Å². The monoisotopic (exact) mass is 189 g/mol. The van der Waals surface area contributed by atoms with Gasteiger partial charge in [0.05, 0.1) is 0 Å². The van der Waals surface area contributed by atoms with Gasteiger partial charge < -0.3 is 5.73 Å². The summed E-state index contributed by atoms with van der Waals surface area (Å²) in [5.41, 5.74) is 5.20. The quantitative estimate of drug-likeness (QED) is 0.760. The van der Waals surface area contributed by atoms with Crippen LogP contribution in [-0.4, -0.2) is 0 Å². The van der Waals surface area contributed by atoms with Gasteiger partial charge in [-0.1, -0.05) is 6.92 Å². The topological polar surface area (TPSA) is 26.0 Å². The highest BCUT2D eigenvalue weighted by Crippen LogP contribution is 2.22. The molecule has 0 saturated carbocycles. The molecule has 1 nitrogen and oxygen atoms in total. The average molecular weight is 189 g/mol. The van der Waals surface area contributed by atoms with Gasteiger partial charge in [0.25, 0.3) is 0 Å². The average Bonchev–Trinajstić information content (AvgIpc) is 2.02. The van der Waals surface area contributed by atoms with Crippen molar-refractivity contribution in [2.75, 3.05) is 0 Å². The third-order valence-corrected chi connectivity index (χ3v) is 1.85. The molecular formula is C9H10F3N. The number of rotatable bonds is 2. The fourth-order valence-electron chi connectivity index (χ4n) is 1.11. The van der Waals surface area contributed by atoms with Gasteiger partial charge in [-0.3, -0.25) is 0 Å². The minimum Gasteiger partial charge on any atom is -0.324 e. The zero-order chi connectivity index (χ0) is 10.0. The fraction of sp³-hybridized carbons (Fsp3) is 0.333. The summed E-state index contributed by atoms with van der Waals surface area (Å²) in [5.74, 6) is -2.78. The number of halogens is 3. The van der Waals surface area contributed by atoms with Crippen molar-refractivity contribution in [2.45, 2.75) is 19.4 Å². The molecule has 0 aliphatic rings. The van der Waals surface area contributed by atoms with Crippen molar-refractivity contribution in [1.29, 1.82) is 0 Å². The molecule has 13 heavy (non-hydrogen) atoms. The molecule has 4 heteroatoms. The van der Waals surface area contributed by atoms with Crippen LogP contribution in [0.2, 0.25) is 0 Å². The second-order valence-corrected chi connectivity index (χ2v) is 2.80. The van der Waals surface area contributed by atoms with Gasteiger partial charge in [0.15, 0.2) is 0 Å². The zero-order valence-corrected chi connectivity index (χ0v) is 7.15. The van der Waals surface area contributed by atoms with Crippen molar-refractivity contribution in [3.63, 3.8) is 0 Å². The Morgan fingerprint density at radius 3 is 2.08 bits per heavy atom. The maximum atomic E-state index is 13.0. The zero-order valence-electron chi connectivity index (χ0n) is 7.15. The lowest BCUT2D eigenvalue weighted by Gasteiger charge is -2.11. The Hall–Kier alpha value is -1.03. The minimum atomic E-state index is -0.929. The molecule has 0 unspecified atom stereocenters. The van der Waals surface area contributed by atoms with Crippen LogP contribution in [0.25, 0.3) is 0 Å². The Balaban J connectivity index is 3.20. The minimum absolute atomic E-state index is 0.246. The highest BCUT2D eigenvalue weighted by molar-refractivity contribution is 5.23. The van der Waals surface area contributed by atoms with Crippen molar-refractivity contribution in [2.24, 2.45) is 5.73 Å². The van der Waals surface area contributed by atoms with Crippen LogP contribution in [0, 0.1) is 17.5 Å². The summed E-state index contributed by atoms with van der Waals surface area (Å²) in [4.78, 5) is 0. The first-order valence-electron chi connectivity index (χ1n) is 3.96. The number of benzene rings is 1. The summed E-state index contributed by atoms with van der Waals surface area (Å²) in [6, 6.07) is 0.544. The molecule has 0 bridgehead atoms. The van der Waals surface area contributed by atoms with Crippen LogP contribution in [0.3, 0.4) is 0 Å². The maximum absolute atomic E-state index is 13.0. The van der Waals surface area contributed by atoms with Crippen molar-refractivity contribution >= 4 is 0 Å². The normalized spacial score (nSPS) is 13.0. The van der Waals surface area contributed by atoms with Crippen molar-refractivity contribution in [3.05, 3.63) is 35.1 Å². The lowest BCUT2D eigenvalue weighted by atomic mass is 10.0. The molecule has 1 aromatic carbocycles. The van der Waals surface area contributed by atoms with Crippen LogP contribution in [0.15, 0.2) is 12.1 Å². The van der Waals surface area contributed by atoms with E-state index in [2.05, 4.69) is 0 Å². The second-order valence-electron chi connectivity index (χ2n) is 2.80. The molecule has 1 rings (SSSR count). The molecule has 0 aliphatic carbocycles. The standard InChI is InChI=1S/C9H10F3N/c1-2-8(13)9-6(11)3-5(10)4-7(9)12/h3-4,8H,2,13H2,1H3/t8-/m1/s1. The van der Waals surface area contributed by atoms with E-state index in [1.165, 1.54) is 0 Å².